The SMILES string of the molecule is COc1ccc(-c2nnc(-c3cccc(I)c3)o2)cc1. The van der Waals surface area contributed by atoms with E-state index in [1.807, 2.05) is 48.5 Å². The molecule has 0 aliphatic rings. The Bertz CT molecular complexity index is 723. The van der Waals surface area contributed by atoms with Crippen molar-refractivity contribution >= 4 is 22.6 Å². The smallest absolute Gasteiger partial charge is 0.248 e. The second-order valence-corrected chi connectivity index (χ2v) is 5.40. The average Bonchev–Trinajstić information content (AvgIpc) is 2.97. The van der Waals surface area contributed by atoms with Crippen LogP contribution in [0, 0.1) is 3.57 Å². The Morgan fingerprint density at radius 2 is 1.65 bits per heavy atom. The summed E-state index contributed by atoms with van der Waals surface area (Å²) in [7, 11) is 1.64. The highest BCUT2D eigenvalue weighted by atomic mass is 127. The van der Waals surface area contributed by atoms with Crippen LogP contribution in [0.3, 0.4) is 0 Å². The Morgan fingerprint density at radius 1 is 0.950 bits per heavy atom. The van der Waals surface area contributed by atoms with E-state index in [0.29, 0.717) is 11.8 Å². The quantitative estimate of drug-likeness (QED) is 0.646. The normalized spacial score (nSPS) is 10.5. The minimum Gasteiger partial charge on any atom is -0.497 e. The predicted molar refractivity (Wildman–Crippen MR) is 84.4 cm³/mol. The van der Waals surface area contributed by atoms with Crippen LogP contribution in [0.2, 0.25) is 0 Å². The summed E-state index contributed by atoms with van der Waals surface area (Å²) in [5.74, 6) is 1.82. The van der Waals surface area contributed by atoms with Gasteiger partial charge in [0, 0.05) is 14.7 Å². The lowest BCUT2D eigenvalue weighted by molar-refractivity contribution is 0.415. The Hall–Kier alpha value is -1.89. The molecule has 0 amide bonds. The van der Waals surface area contributed by atoms with Crippen LogP contribution in [0.4, 0.5) is 0 Å². The summed E-state index contributed by atoms with van der Waals surface area (Å²) < 4.78 is 12.0. The fraction of sp³-hybridized carbons (Fsp3) is 0.0667. The zero-order valence-electron chi connectivity index (χ0n) is 10.7. The van der Waals surface area contributed by atoms with Gasteiger partial charge in [-0.05, 0) is 65.1 Å². The van der Waals surface area contributed by atoms with Crippen molar-refractivity contribution in [2.24, 2.45) is 0 Å². The van der Waals surface area contributed by atoms with Crippen molar-refractivity contribution in [2.75, 3.05) is 7.11 Å². The minimum atomic E-state index is 0.501. The molecule has 3 rings (SSSR count). The molecule has 0 bridgehead atoms. The van der Waals surface area contributed by atoms with Gasteiger partial charge in [-0.3, -0.25) is 0 Å². The Labute approximate surface area is 129 Å². The molecule has 0 aliphatic carbocycles. The Kier molecular flexibility index (Phi) is 3.68. The monoisotopic (exact) mass is 378 g/mol. The standard InChI is InChI=1S/C15H11IN2O2/c1-19-13-7-5-10(6-8-13)14-17-18-15(20-14)11-3-2-4-12(16)9-11/h2-9H,1H3. The van der Waals surface area contributed by atoms with Gasteiger partial charge >= 0.3 is 0 Å². The zero-order chi connectivity index (χ0) is 13.9. The first-order chi connectivity index (χ1) is 9.76. The maximum atomic E-state index is 5.72. The third-order valence-corrected chi connectivity index (χ3v) is 3.50. The molecule has 0 spiro atoms. The summed E-state index contributed by atoms with van der Waals surface area (Å²) in [5.41, 5.74) is 1.79. The molecule has 0 saturated carbocycles. The lowest BCUT2D eigenvalue weighted by Gasteiger charge is -1.99. The Morgan fingerprint density at radius 3 is 2.30 bits per heavy atom. The van der Waals surface area contributed by atoms with E-state index in [1.54, 1.807) is 7.11 Å². The van der Waals surface area contributed by atoms with Crippen molar-refractivity contribution in [1.29, 1.82) is 0 Å². The van der Waals surface area contributed by atoms with Crippen molar-refractivity contribution < 1.29 is 9.15 Å². The van der Waals surface area contributed by atoms with Crippen molar-refractivity contribution in [1.82, 2.24) is 10.2 Å². The third kappa shape index (κ3) is 2.67. The first-order valence-corrected chi connectivity index (χ1v) is 7.08. The number of aromatic nitrogens is 2. The van der Waals surface area contributed by atoms with E-state index in [1.165, 1.54) is 0 Å². The third-order valence-electron chi connectivity index (χ3n) is 2.83. The van der Waals surface area contributed by atoms with E-state index in [0.717, 1.165) is 20.4 Å². The number of benzene rings is 2. The van der Waals surface area contributed by atoms with E-state index in [-0.39, 0.29) is 0 Å². The molecule has 5 heteroatoms. The zero-order valence-corrected chi connectivity index (χ0v) is 12.9. The van der Waals surface area contributed by atoms with Crippen LogP contribution in [-0.2, 0) is 0 Å². The van der Waals surface area contributed by atoms with E-state index < -0.39 is 0 Å². The number of halogens is 1. The van der Waals surface area contributed by atoms with Crippen LogP contribution in [0.25, 0.3) is 22.9 Å². The molecule has 3 aromatic rings. The van der Waals surface area contributed by atoms with Gasteiger partial charge in [-0.25, -0.2) is 0 Å². The number of rotatable bonds is 3. The van der Waals surface area contributed by atoms with Gasteiger partial charge in [-0.15, -0.1) is 10.2 Å². The highest BCUT2D eigenvalue weighted by Gasteiger charge is 2.10. The maximum absolute atomic E-state index is 5.72. The molecule has 0 unspecified atom stereocenters. The molecule has 100 valence electrons. The first-order valence-electron chi connectivity index (χ1n) is 6.00. The molecule has 0 radical (unpaired) electrons. The van der Waals surface area contributed by atoms with Crippen LogP contribution in [0.1, 0.15) is 0 Å². The number of hydrogen-bond acceptors (Lipinski definition) is 4. The van der Waals surface area contributed by atoms with Gasteiger partial charge in [-0.2, -0.15) is 0 Å². The lowest BCUT2D eigenvalue weighted by atomic mass is 10.2. The predicted octanol–water partition coefficient (Wildman–Crippen LogP) is 4.02. The molecular weight excluding hydrogens is 367 g/mol. The van der Waals surface area contributed by atoms with Crippen LogP contribution >= 0.6 is 22.6 Å². The summed E-state index contributed by atoms with van der Waals surface area (Å²) in [6.07, 6.45) is 0. The van der Waals surface area contributed by atoms with Gasteiger partial charge in [0.15, 0.2) is 0 Å². The van der Waals surface area contributed by atoms with Gasteiger partial charge in [-0.1, -0.05) is 6.07 Å². The molecule has 0 saturated heterocycles. The van der Waals surface area contributed by atoms with Gasteiger partial charge < -0.3 is 9.15 Å². The van der Waals surface area contributed by atoms with Crippen LogP contribution < -0.4 is 4.74 Å². The second kappa shape index (κ2) is 5.62. The fourth-order valence-corrected chi connectivity index (χ4v) is 2.35. The molecule has 2 aromatic carbocycles. The molecule has 20 heavy (non-hydrogen) atoms. The van der Waals surface area contributed by atoms with Gasteiger partial charge in [0.25, 0.3) is 0 Å². The van der Waals surface area contributed by atoms with Crippen molar-refractivity contribution in [3.8, 4) is 28.7 Å². The van der Waals surface area contributed by atoms with Crippen molar-refractivity contribution in [3.05, 3.63) is 52.1 Å². The maximum Gasteiger partial charge on any atom is 0.248 e. The number of ether oxygens (including phenoxy) is 1. The molecule has 0 aliphatic heterocycles. The second-order valence-electron chi connectivity index (χ2n) is 4.15. The molecular formula is C15H11IN2O2. The largest absolute Gasteiger partial charge is 0.497 e. The fourth-order valence-electron chi connectivity index (χ4n) is 1.81. The molecule has 0 N–H and O–H groups in total. The topological polar surface area (TPSA) is 48.2 Å². The summed E-state index contributed by atoms with van der Waals surface area (Å²) in [6, 6.07) is 15.5. The summed E-state index contributed by atoms with van der Waals surface area (Å²) in [4.78, 5) is 0. The average molecular weight is 378 g/mol. The first kappa shape index (κ1) is 13.1. The van der Waals surface area contributed by atoms with E-state index >= 15 is 0 Å². The molecule has 1 aromatic heterocycles. The highest BCUT2D eigenvalue weighted by Crippen LogP contribution is 2.25. The number of hydrogen-bond donors (Lipinski definition) is 0. The number of nitrogens with zero attached hydrogens (tertiary/aromatic N) is 2. The van der Waals surface area contributed by atoms with Crippen molar-refractivity contribution in [2.45, 2.75) is 0 Å². The summed E-state index contributed by atoms with van der Waals surface area (Å²) in [5, 5.41) is 8.18. The van der Waals surface area contributed by atoms with Gasteiger partial charge in [0.1, 0.15) is 5.75 Å². The molecule has 0 atom stereocenters. The van der Waals surface area contributed by atoms with Crippen LogP contribution in [-0.4, -0.2) is 17.3 Å². The Balaban J connectivity index is 1.93. The van der Waals surface area contributed by atoms with E-state index in [2.05, 4.69) is 32.8 Å². The van der Waals surface area contributed by atoms with E-state index in [9.17, 15) is 0 Å². The van der Waals surface area contributed by atoms with E-state index in [4.69, 9.17) is 9.15 Å². The molecule has 0 fully saturated rings. The van der Waals surface area contributed by atoms with Gasteiger partial charge in [0.2, 0.25) is 11.8 Å². The van der Waals surface area contributed by atoms with Crippen LogP contribution in [0.15, 0.2) is 52.9 Å². The highest BCUT2D eigenvalue weighted by molar-refractivity contribution is 14.1. The lowest BCUT2D eigenvalue weighted by Crippen LogP contribution is -1.82. The summed E-state index contributed by atoms with van der Waals surface area (Å²) >= 11 is 2.25. The number of methoxy groups -OCH3 is 1. The molecule has 4 nitrogen and oxygen atoms in total. The minimum absolute atomic E-state index is 0.501. The van der Waals surface area contributed by atoms with Crippen molar-refractivity contribution in [3.63, 3.8) is 0 Å². The summed E-state index contributed by atoms with van der Waals surface area (Å²) in [6.45, 7) is 0. The van der Waals surface area contributed by atoms with Gasteiger partial charge in [0.05, 0.1) is 7.11 Å². The molecule has 1 heterocycles. The van der Waals surface area contributed by atoms with Crippen LogP contribution in [0.5, 0.6) is 5.75 Å².